The number of benzene rings is 3. The second-order valence-electron chi connectivity index (χ2n) is 7.52. The smallest absolute Gasteiger partial charge is 0.293 e. The van der Waals surface area contributed by atoms with Gasteiger partial charge in [-0.2, -0.15) is 0 Å². The second-order valence-corrected chi connectivity index (χ2v) is 8.92. The van der Waals surface area contributed by atoms with Crippen molar-refractivity contribution in [3.8, 4) is 17.2 Å². The van der Waals surface area contributed by atoms with Crippen molar-refractivity contribution in [1.29, 1.82) is 0 Å². The highest BCUT2D eigenvalue weighted by molar-refractivity contribution is 8.18. The average molecular weight is 498 g/mol. The van der Waals surface area contributed by atoms with Gasteiger partial charge in [0.15, 0.2) is 11.5 Å². The highest BCUT2D eigenvalue weighted by Gasteiger charge is 2.36. The number of para-hydroxylation sites is 1. The normalized spacial score (nSPS) is 15.9. The number of hydrogen-bond acceptors (Lipinski definition) is 6. The molecule has 6 nitrogen and oxygen atoms in total. The number of halogens is 2. The molecule has 3 aromatic carbocycles. The summed E-state index contributed by atoms with van der Waals surface area (Å²) in [5.74, 6) is 0.852. The van der Waals surface area contributed by atoms with E-state index in [4.69, 9.17) is 25.8 Å². The van der Waals surface area contributed by atoms with Crippen molar-refractivity contribution in [1.82, 2.24) is 4.90 Å². The van der Waals surface area contributed by atoms with Gasteiger partial charge in [-0.25, -0.2) is 4.39 Å². The first-order valence-electron chi connectivity index (χ1n) is 10.3. The molecule has 0 aliphatic carbocycles. The Balaban J connectivity index is 1.34. The standard InChI is InChI=1S/C25H17ClFNO5S/c26-19-11-22-21(32-14-33-22)9-17(19)12-28-24(29)23(34-25(28)30)10-16-3-1-2-4-20(16)31-13-15-5-7-18(27)8-6-15/h1-11H,12-14H2/b23-10-. The predicted molar refractivity (Wildman–Crippen MR) is 126 cm³/mol. The lowest BCUT2D eigenvalue weighted by Gasteiger charge is -2.14. The molecule has 5 rings (SSSR count). The molecule has 2 amide bonds. The fourth-order valence-electron chi connectivity index (χ4n) is 3.50. The number of rotatable bonds is 6. The minimum atomic E-state index is -0.419. The van der Waals surface area contributed by atoms with E-state index in [1.807, 2.05) is 12.1 Å². The molecule has 0 radical (unpaired) electrons. The zero-order valence-electron chi connectivity index (χ0n) is 17.6. The first-order valence-corrected chi connectivity index (χ1v) is 11.5. The van der Waals surface area contributed by atoms with Crippen molar-refractivity contribution in [2.75, 3.05) is 6.79 Å². The number of carbonyl (C=O) groups excluding carboxylic acids is 2. The van der Waals surface area contributed by atoms with Crippen molar-refractivity contribution in [3.63, 3.8) is 0 Å². The molecule has 0 atom stereocenters. The van der Waals surface area contributed by atoms with E-state index >= 15 is 0 Å². The molecule has 2 aliphatic rings. The van der Waals surface area contributed by atoms with Gasteiger partial charge < -0.3 is 14.2 Å². The van der Waals surface area contributed by atoms with Crippen LogP contribution >= 0.6 is 23.4 Å². The van der Waals surface area contributed by atoms with Crippen LogP contribution in [0.2, 0.25) is 5.02 Å². The molecule has 2 aliphatic heterocycles. The highest BCUT2D eigenvalue weighted by atomic mass is 35.5. The maximum Gasteiger partial charge on any atom is 0.293 e. The Bertz CT molecular complexity index is 1310. The molecule has 0 saturated carbocycles. The van der Waals surface area contributed by atoms with E-state index in [0.717, 1.165) is 22.2 Å². The SMILES string of the molecule is O=C1S/C(=C\c2ccccc2OCc2ccc(F)cc2)C(=O)N1Cc1cc2c(cc1Cl)OCO2. The minimum Gasteiger partial charge on any atom is -0.488 e. The van der Waals surface area contributed by atoms with E-state index in [9.17, 15) is 14.0 Å². The number of hydrogen-bond donors (Lipinski definition) is 0. The zero-order valence-corrected chi connectivity index (χ0v) is 19.2. The van der Waals surface area contributed by atoms with Crippen LogP contribution in [0, 0.1) is 5.82 Å². The van der Waals surface area contributed by atoms with E-state index in [1.165, 1.54) is 12.1 Å². The lowest BCUT2D eigenvalue weighted by molar-refractivity contribution is -0.123. The lowest BCUT2D eigenvalue weighted by atomic mass is 10.1. The summed E-state index contributed by atoms with van der Waals surface area (Å²) in [6.07, 6.45) is 1.63. The van der Waals surface area contributed by atoms with Gasteiger partial charge in [0.2, 0.25) is 6.79 Å². The van der Waals surface area contributed by atoms with Crippen LogP contribution in [0.15, 0.2) is 65.6 Å². The Morgan fingerprint density at radius 1 is 1.06 bits per heavy atom. The molecule has 2 heterocycles. The summed E-state index contributed by atoms with van der Waals surface area (Å²) >= 11 is 7.17. The Hall–Kier alpha value is -3.49. The van der Waals surface area contributed by atoms with Crippen LogP contribution in [0.1, 0.15) is 16.7 Å². The summed E-state index contributed by atoms with van der Waals surface area (Å²) in [5, 5.41) is -0.0125. The van der Waals surface area contributed by atoms with Crippen molar-refractivity contribution in [2.45, 2.75) is 13.2 Å². The number of fused-ring (bicyclic) bond motifs is 1. The van der Waals surface area contributed by atoms with Crippen LogP contribution in [0.25, 0.3) is 6.08 Å². The molecule has 1 saturated heterocycles. The van der Waals surface area contributed by atoms with E-state index in [2.05, 4.69) is 0 Å². The van der Waals surface area contributed by atoms with Crippen LogP contribution in [0.5, 0.6) is 17.2 Å². The molecule has 0 N–H and O–H groups in total. The molecule has 3 aromatic rings. The molecule has 34 heavy (non-hydrogen) atoms. The van der Waals surface area contributed by atoms with Crippen LogP contribution in [0.4, 0.5) is 9.18 Å². The van der Waals surface area contributed by atoms with Gasteiger partial charge >= 0.3 is 0 Å². The summed E-state index contributed by atoms with van der Waals surface area (Å²) in [7, 11) is 0. The van der Waals surface area contributed by atoms with Gasteiger partial charge in [-0.1, -0.05) is 41.9 Å². The van der Waals surface area contributed by atoms with Crippen LogP contribution in [-0.4, -0.2) is 22.8 Å². The fraction of sp³-hybridized carbons (Fsp3) is 0.120. The summed E-state index contributed by atoms with van der Waals surface area (Å²) in [6, 6.07) is 16.5. The highest BCUT2D eigenvalue weighted by Crippen LogP contribution is 2.39. The summed E-state index contributed by atoms with van der Waals surface area (Å²) in [5.41, 5.74) is 2.03. The van der Waals surface area contributed by atoms with Crippen LogP contribution in [0.3, 0.4) is 0 Å². The van der Waals surface area contributed by atoms with E-state index in [-0.39, 0.29) is 30.7 Å². The number of amides is 2. The topological polar surface area (TPSA) is 65.1 Å². The first-order chi connectivity index (χ1) is 16.5. The number of thioether (sulfide) groups is 1. The van der Waals surface area contributed by atoms with Gasteiger partial charge in [0, 0.05) is 16.7 Å². The average Bonchev–Trinajstić information content (AvgIpc) is 3.38. The van der Waals surface area contributed by atoms with Crippen molar-refractivity contribution < 1.29 is 28.2 Å². The monoisotopic (exact) mass is 497 g/mol. The molecule has 0 bridgehead atoms. The number of nitrogens with zero attached hydrogens (tertiary/aromatic N) is 1. The number of ether oxygens (including phenoxy) is 3. The Labute approximate surface area is 203 Å². The van der Waals surface area contributed by atoms with Crippen LogP contribution < -0.4 is 14.2 Å². The fourth-order valence-corrected chi connectivity index (χ4v) is 4.54. The largest absolute Gasteiger partial charge is 0.488 e. The summed E-state index contributed by atoms with van der Waals surface area (Å²) < 4.78 is 29.7. The second kappa shape index (κ2) is 9.40. The van der Waals surface area contributed by atoms with E-state index < -0.39 is 11.1 Å². The quantitative estimate of drug-likeness (QED) is 0.388. The number of carbonyl (C=O) groups is 2. The van der Waals surface area contributed by atoms with Crippen LogP contribution in [-0.2, 0) is 17.9 Å². The van der Waals surface area contributed by atoms with Gasteiger partial charge in [0.25, 0.3) is 11.1 Å². The molecular formula is C25H17ClFNO5S. The van der Waals surface area contributed by atoms with Crippen molar-refractivity contribution >= 4 is 40.6 Å². The third kappa shape index (κ3) is 4.60. The zero-order chi connectivity index (χ0) is 23.7. The first kappa shape index (κ1) is 22.3. The summed E-state index contributed by atoms with van der Waals surface area (Å²) in [6.45, 7) is 0.345. The van der Waals surface area contributed by atoms with Gasteiger partial charge in [-0.05, 0) is 53.2 Å². The number of imide groups is 1. The maximum atomic E-state index is 13.1. The Morgan fingerprint density at radius 2 is 1.79 bits per heavy atom. The molecule has 9 heteroatoms. The molecule has 172 valence electrons. The molecule has 0 unspecified atom stereocenters. The van der Waals surface area contributed by atoms with Crippen molar-refractivity contribution in [3.05, 3.63) is 93.1 Å². The van der Waals surface area contributed by atoms with Gasteiger partial charge in [0.05, 0.1) is 11.4 Å². The molecule has 1 fully saturated rings. The maximum absolute atomic E-state index is 13.1. The molecule has 0 aromatic heterocycles. The Morgan fingerprint density at radius 3 is 2.59 bits per heavy atom. The Kier molecular flexibility index (Phi) is 6.17. The molecular weight excluding hydrogens is 481 g/mol. The van der Waals surface area contributed by atoms with Gasteiger partial charge in [-0.3, -0.25) is 14.5 Å². The third-order valence-electron chi connectivity index (χ3n) is 5.26. The molecule has 0 spiro atoms. The minimum absolute atomic E-state index is 0.0141. The van der Waals surface area contributed by atoms with Gasteiger partial charge in [-0.15, -0.1) is 0 Å². The predicted octanol–water partition coefficient (Wildman–Crippen LogP) is 6.02. The third-order valence-corrected chi connectivity index (χ3v) is 6.52. The lowest BCUT2D eigenvalue weighted by Crippen LogP contribution is -2.27. The van der Waals surface area contributed by atoms with E-state index in [1.54, 1.807) is 42.5 Å². The van der Waals surface area contributed by atoms with Gasteiger partial charge in [0.1, 0.15) is 18.2 Å². The van der Waals surface area contributed by atoms with Crippen molar-refractivity contribution in [2.24, 2.45) is 0 Å². The summed E-state index contributed by atoms with van der Waals surface area (Å²) in [4.78, 5) is 27.1. The van der Waals surface area contributed by atoms with E-state index in [0.29, 0.717) is 33.4 Å².